The molecular weight excluding hydrogens is 626 g/mol. The van der Waals surface area contributed by atoms with E-state index >= 15 is 0 Å². The molecule has 2 heterocycles. The van der Waals surface area contributed by atoms with Gasteiger partial charge in [-0.25, -0.2) is 4.79 Å². The van der Waals surface area contributed by atoms with Crippen molar-refractivity contribution in [3.05, 3.63) is 159 Å². The maximum absolute atomic E-state index is 13.4. The van der Waals surface area contributed by atoms with Crippen LogP contribution < -0.4 is 10.4 Å². The zero-order valence-electron chi connectivity index (χ0n) is 27.0. The predicted octanol–water partition coefficient (Wildman–Crippen LogP) is 6.30. The fourth-order valence-electron chi connectivity index (χ4n) is 6.29. The first-order valence-corrected chi connectivity index (χ1v) is 15.8. The molecule has 3 atom stereocenters. The Labute approximate surface area is 282 Å². The summed E-state index contributed by atoms with van der Waals surface area (Å²) in [5.41, 5.74) is 1.22. The van der Waals surface area contributed by atoms with E-state index in [4.69, 9.17) is 18.9 Å². The zero-order chi connectivity index (χ0) is 34.4. The molecule has 0 radical (unpaired) electrons. The summed E-state index contributed by atoms with van der Waals surface area (Å²) in [7, 11) is 1.62. The van der Waals surface area contributed by atoms with Gasteiger partial charge < -0.3 is 18.9 Å². The number of nitrogens with zero attached hydrogens (tertiary/aromatic N) is 3. The van der Waals surface area contributed by atoms with Gasteiger partial charge in [-0.15, -0.1) is 0 Å². The molecule has 1 saturated heterocycles. The predicted molar refractivity (Wildman–Crippen MR) is 181 cm³/mol. The third-order valence-corrected chi connectivity index (χ3v) is 8.70. The van der Waals surface area contributed by atoms with E-state index in [9.17, 15) is 19.7 Å². The highest BCUT2D eigenvalue weighted by atomic mass is 16.6. The van der Waals surface area contributed by atoms with Gasteiger partial charge in [0, 0.05) is 31.5 Å². The summed E-state index contributed by atoms with van der Waals surface area (Å²) in [6.07, 6.45) is 0.516. The van der Waals surface area contributed by atoms with Crippen LogP contribution in [0.4, 0.5) is 5.69 Å². The van der Waals surface area contributed by atoms with Gasteiger partial charge in [0.15, 0.2) is 0 Å². The van der Waals surface area contributed by atoms with Crippen molar-refractivity contribution in [3.63, 3.8) is 0 Å². The summed E-state index contributed by atoms with van der Waals surface area (Å²) >= 11 is 0. The summed E-state index contributed by atoms with van der Waals surface area (Å²) in [5, 5.41) is 11.6. The number of carbonyl (C=O) groups is 1. The second-order valence-corrected chi connectivity index (χ2v) is 11.7. The Kier molecular flexibility index (Phi) is 9.93. The number of para-hydroxylation sites is 1. The van der Waals surface area contributed by atoms with E-state index in [1.807, 2.05) is 84.9 Å². The van der Waals surface area contributed by atoms with Crippen molar-refractivity contribution in [1.82, 2.24) is 9.55 Å². The van der Waals surface area contributed by atoms with Crippen LogP contribution in [0.25, 0.3) is 11.3 Å². The van der Waals surface area contributed by atoms with Crippen molar-refractivity contribution in [1.29, 1.82) is 0 Å². The van der Waals surface area contributed by atoms with Crippen LogP contribution in [0.2, 0.25) is 0 Å². The molecule has 1 aliphatic rings. The van der Waals surface area contributed by atoms with E-state index in [0.717, 1.165) is 16.7 Å². The smallest absolute Gasteiger partial charge is 0.350 e. The SMILES string of the molecule is COc1ccc(C(OC[C@H]2O[C@@H](n3ccc(-c4ccccc4[N+](=O)[O-])nc3=O)C[C@H]2COC(C)=O)(c2ccccc2)c2ccccc2)cc1. The molecule has 1 aromatic heterocycles. The highest BCUT2D eigenvalue weighted by Crippen LogP contribution is 2.43. The van der Waals surface area contributed by atoms with Crippen LogP contribution in [-0.4, -0.2) is 46.9 Å². The van der Waals surface area contributed by atoms with E-state index in [2.05, 4.69) is 4.98 Å². The Balaban J connectivity index is 1.35. The lowest BCUT2D eigenvalue weighted by atomic mass is 9.80. The molecule has 0 spiro atoms. The van der Waals surface area contributed by atoms with Crippen LogP contribution in [0.1, 0.15) is 36.3 Å². The number of rotatable bonds is 12. The van der Waals surface area contributed by atoms with E-state index in [1.165, 1.54) is 23.8 Å². The average molecular weight is 662 g/mol. The number of benzene rings is 4. The minimum atomic E-state index is -1.06. The molecule has 6 rings (SSSR count). The number of aromatic nitrogens is 2. The number of nitro groups is 1. The monoisotopic (exact) mass is 661 g/mol. The Morgan fingerprint density at radius 1 is 0.898 bits per heavy atom. The van der Waals surface area contributed by atoms with Crippen LogP contribution in [0.5, 0.6) is 5.75 Å². The first-order valence-electron chi connectivity index (χ1n) is 15.8. The van der Waals surface area contributed by atoms with E-state index in [0.29, 0.717) is 12.2 Å². The molecule has 1 fully saturated rings. The number of nitro benzene ring substituents is 1. The number of methoxy groups -OCH3 is 1. The molecule has 0 saturated carbocycles. The number of carbonyl (C=O) groups excluding carboxylic acids is 1. The van der Waals surface area contributed by atoms with Crippen molar-refractivity contribution in [2.24, 2.45) is 5.92 Å². The molecule has 0 amide bonds. The molecule has 49 heavy (non-hydrogen) atoms. The fraction of sp³-hybridized carbons (Fsp3) is 0.237. The molecule has 0 N–H and O–H groups in total. The maximum Gasteiger partial charge on any atom is 0.350 e. The molecule has 4 aromatic carbocycles. The minimum Gasteiger partial charge on any atom is -0.497 e. The molecule has 11 heteroatoms. The van der Waals surface area contributed by atoms with Crippen LogP contribution in [-0.2, 0) is 24.6 Å². The lowest BCUT2D eigenvalue weighted by Gasteiger charge is -2.37. The van der Waals surface area contributed by atoms with Gasteiger partial charge in [-0.05, 0) is 41.0 Å². The highest BCUT2D eigenvalue weighted by Gasteiger charge is 2.43. The van der Waals surface area contributed by atoms with Crippen molar-refractivity contribution in [2.45, 2.75) is 31.3 Å². The Bertz CT molecular complexity index is 1930. The lowest BCUT2D eigenvalue weighted by Crippen LogP contribution is -2.37. The molecule has 11 nitrogen and oxygen atoms in total. The van der Waals surface area contributed by atoms with Gasteiger partial charge in [-0.1, -0.05) is 84.9 Å². The lowest BCUT2D eigenvalue weighted by molar-refractivity contribution is -0.384. The normalized spacial score (nSPS) is 17.4. The van der Waals surface area contributed by atoms with Crippen molar-refractivity contribution in [2.75, 3.05) is 20.3 Å². The van der Waals surface area contributed by atoms with E-state index in [-0.39, 0.29) is 36.1 Å². The second-order valence-electron chi connectivity index (χ2n) is 11.7. The fourth-order valence-corrected chi connectivity index (χ4v) is 6.29. The molecular formula is C38H35N3O8. The van der Waals surface area contributed by atoms with E-state index in [1.54, 1.807) is 31.4 Å². The summed E-state index contributed by atoms with van der Waals surface area (Å²) in [6, 6.07) is 35.1. The van der Waals surface area contributed by atoms with Gasteiger partial charge in [0.2, 0.25) is 0 Å². The van der Waals surface area contributed by atoms with Gasteiger partial charge in [-0.2, -0.15) is 4.98 Å². The number of hydrogen-bond donors (Lipinski definition) is 0. The summed E-state index contributed by atoms with van der Waals surface area (Å²) in [6.45, 7) is 1.48. The van der Waals surface area contributed by atoms with Crippen molar-refractivity contribution in [3.8, 4) is 17.0 Å². The van der Waals surface area contributed by atoms with Gasteiger partial charge in [0.1, 0.15) is 17.6 Å². The van der Waals surface area contributed by atoms with Crippen LogP contribution in [0.3, 0.4) is 0 Å². The van der Waals surface area contributed by atoms with Crippen LogP contribution in [0, 0.1) is 16.0 Å². The third kappa shape index (κ3) is 6.99. The Morgan fingerprint density at radius 2 is 1.51 bits per heavy atom. The molecule has 1 aliphatic heterocycles. The third-order valence-electron chi connectivity index (χ3n) is 8.70. The summed E-state index contributed by atoms with van der Waals surface area (Å²) in [4.78, 5) is 40.5. The molecule has 0 bridgehead atoms. The summed E-state index contributed by atoms with van der Waals surface area (Å²) in [5.74, 6) is -0.0539. The van der Waals surface area contributed by atoms with Gasteiger partial charge >= 0.3 is 11.7 Å². The molecule has 5 aromatic rings. The first kappa shape index (κ1) is 33.3. The topological polar surface area (TPSA) is 132 Å². The zero-order valence-corrected chi connectivity index (χ0v) is 27.0. The van der Waals surface area contributed by atoms with Crippen LogP contribution >= 0.6 is 0 Å². The van der Waals surface area contributed by atoms with Crippen LogP contribution in [0.15, 0.2) is 126 Å². The summed E-state index contributed by atoms with van der Waals surface area (Å²) < 4.78 is 25.8. The number of hydrogen-bond acceptors (Lipinski definition) is 9. The van der Waals surface area contributed by atoms with Gasteiger partial charge in [0.25, 0.3) is 5.69 Å². The number of esters is 1. The molecule has 0 unspecified atom stereocenters. The van der Waals surface area contributed by atoms with E-state index < -0.39 is 34.5 Å². The molecule has 250 valence electrons. The van der Waals surface area contributed by atoms with Crippen molar-refractivity contribution >= 4 is 11.7 Å². The first-order chi connectivity index (χ1) is 23.8. The quantitative estimate of drug-likeness (QED) is 0.0654. The number of ether oxygens (including phenoxy) is 4. The molecule has 0 aliphatic carbocycles. The maximum atomic E-state index is 13.4. The Hall–Kier alpha value is -5.65. The minimum absolute atomic E-state index is 0.0581. The second kappa shape index (κ2) is 14.6. The highest BCUT2D eigenvalue weighted by molar-refractivity contribution is 5.70. The van der Waals surface area contributed by atoms with Crippen molar-refractivity contribution < 1.29 is 28.7 Å². The standard InChI is InChI=1S/C38H35N3O8/c1-26(42)47-24-27-23-36(40-22-21-33(39-37(40)43)32-15-9-10-16-34(32)41(44)45)49-35(27)25-48-38(28-11-5-3-6-12-28,29-13-7-4-8-14-29)30-17-19-31(46-2)20-18-30/h3-22,27,35-36H,23-25H2,1-2H3/t27-,35+,36+/m0/s1. The average Bonchev–Trinajstić information content (AvgIpc) is 3.54. The largest absolute Gasteiger partial charge is 0.497 e. The van der Waals surface area contributed by atoms with Gasteiger partial charge in [-0.3, -0.25) is 19.5 Å². The Morgan fingerprint density at radius 3 is 2.10 bits per heavy atom. The van der Waals surface area contributed by atoms with Gasteiger partial charge in [0.05, 0.1) is 42.6 Å².